The molecular weight excluding hydrogens is 220 g/mol. The van der Waals surface area contributed by atoms with Crippen LogP contribution < -0.4 is 5.32 Å². The van der Waals surface area contributed by atoms with Crippen LogP contribution in [0.3, 0.4) is 0 Å². The van der Waals surface area contributed by atoms with E-state index in [1.165, 1.54) is 58.0 Å². The number of rotatable bonds is 3. The van der Waals surface area contributed by atoms with E-state index in [0.717, 1.165) is 30.0 Å². The van der Waals surface area contributed by atoms with E-state index >= 15 is 0 Å². The van der Waals surface area contributed by atoms with Crippen molar-refractivity contribution in [3.05, 3.63) is 0 Å². The lowest BCUT2D eigenvalue weighted by molar-refractivity contribution is 0.0779. The number of nitrogens with zero attached hydrogens (tertiary/aromatic N) is 1. The van der Waals surface area contributed by atoms with Gasteiger partial charge in [0.1, 0.15) is 0 Å². The summed E-state index contributed by atoms with van der Waals surface area (Å²) in [7, 11) is 0. The molecule has 2 nitrogen and oxygen atoms in total. The first-order valence-electron chi connectivity index (χ1n) is 8.22. The van der Waals surface area contributed by atoms with Gasteiger partial charge in [-0.05, 0) is 63.3 Å². The maximum absolute atomic E-state index is 3.84. The third-order valence-electron chi connectivity index (χ3n) is 5.59. The first kappa shape index (κ1) is 12.9. The average Bonchev–Trinajstić information content (AvgIpc) is 3.17. The second kappa shape index (κ2) is 5.50. The number of hydrogen-bond acceptors (Lipinski definition) is 2. The van der Waals surface area contributed by atoms with E-state index < -0.39 is 0 Å². The number of nitrogens with one attached hydrogen (secondary N) is 1. The quantitative estimate of drug-likeness (QED) is 0.828. The van der Waals surface area contributed by atoms with Gasteiger partial charge in [-0.3, -0.25) is 4.90 Å². The average molecular weight is 250 g/mol. The Morgan fingerprint density at radius 1 is 0.889 bits per heavy atom. The molecule has 1 aliphatic heterocycles. The fraction of sp³-hybridized carbons (Fsp3) is 1.00. The SMILES string of the molecule is CC1CCC(N2CCCC(NC3CC3)C2)CC1C. The lowest BCUT2D eigenvalue weighted by Gasteiger charge is -2.43. The van der Waals surface area contributed by atoms with Gasteiger partial charge >= 0.3 is 0 Å². The van der Waals surface area contributed by atoms with Crippen LogP contribution >= 0.6 is 0 Å². The van der Waals surface area contributed by atoms with Gasteiger partial charge in [0.05, 0.1) is 0 Å². The van der Waals surface area contributed by atoms with E-state index in [1.54, 1.807) is 0 Å². The molecule has 0 aromatic carbocycles. The minimum Gasteiger partial charge on any atom is -0.310 e. The lowest BCUT2D eigenvalue weighted by Crippen LogP contribution is -2.51. The summed E-state index contributed by atoms with van der Waals surface area (Å²) in [5.41, 5.74) is 0. The van der Waals surface area contributed by atoms with E-state index in [2.05, 4.69) is 24.1 Å². The first-order chi connectivity index (χ1) is 8.72. The molecule has 2 heteroatoms. The standard InChI is InChI=1S/C16H30N2/c1-12-5-8-16(10-13(12)2)18-9-3-4-15(11-18)17-14-6-7-14/h12-17H,3-11H2,1-2H3. The van der Waals surface area contributed by atoms with Crippen LogP contribution in [0.25, 0.3) is 0 Å². The highest BCUT2D eigenvalue weighted by molar-refractivity contribution is 4.91. The van der Waals surface area contributed by atoms with Crippen LogP contribution in [-0.2, 0) is 0 Å². The Labute approximate surface area is 113 Å². The Morgan fingerprint density at radius 3 is 2.44 bits per heavy atom. The van der Waals surface area contributed by atoms with Crippen molar-refractivity contribution < 1.29 is 0 Å². The molecule has 1 N–H and O–H groups in total. The molecule has 1 saturated heterocycles. The lowest BCUT2D eigenvalue weighted by atomic mass is 9.78. The number of likely N-dealkylation sites (tertiary alicyclic amines) is 1. The monoisotopic (exact) mass is 250 g/mol. The van der Waals surface area contributed by atoms with Gasteiger partial charge in [0, 0.05) is 24.7 Å². The molecule has 1 heterocycles. The molecular formula is C16H30N2. The molecule has 4 unspecified atom stereocenters. The zero-order valence-corrected chi connectivity index (χ0v) is 12.2. The van der Waals surface area contributed by atoms with Gasteiger partial charge in [0.15, 0.2) is 0 Å². The molecule has 0 aromatic rings. The van der Waals surface area contributed by atoms with Gasteiger partial charge in [-0.2, -0.15) is 0 Å². The van der Waals surface area contributed by atoms with Gasteiger partial charge in [-0.25, -0.2) is 0 Å². The Hall–Kier alpha value is -0.0800. The largest absolute Gasteiger partial charge is 0.310 e. The molecule has 0 radical (unpaired) electrons. The molecule has 0 spiro atoms. The van der Waals surface area contributed by atoms with Gasteiger partial charge < -0.3 is 5.32 Å². The summed E-state index contributed by atoms with van der Waals surface area (Å²) in [5.74, 6) is 1.88. The predicted molar refractivity (Wildman–Crippen MR) is 76.7 cm³/mol. The molecule has 0 amide bonds. The maximum Gasteiger partial charge on any atom is 0.0198 e. The minimum atomic E-state index is 0.793. The second-order valence-electron chi connectivity index (χ2n) is 7.20. The molecule has 2 aliphatic carbocycles. The molecule has 3 fully saturated rings. The summed E-state index contributed by atoms with van der Waals surface area (Å²) in [4.78, 5) is 2.81. The van der Waals surface area contributed by atoms with Crippen LogP contribution in [0.4, 0.5) is 0 Å². The normalized spacial score (nSPS) is 43.0. The fourth-order valence-corrected chi connectivity index (χ4v) is 3.91. The number of hydrogen-bond donors (Lipinski definition) is 1. The molecule has 4 atom stereocenters. The Balaban J connectivity index is 1.51. The molecule has 0 bridgehead atoms. The van der Waals surface area contributed by atoms with Gasteiger partial charge in [0.25, 0.3) is 0 Å². The summed E-state index contributed by atoms with van der Waals surface area (Å²) >= 11 is 0. The highest BCUT2D eigenvalue weighted by Gasteiger charge is 2.33. The molecule has 104 valence electrons. The predicted octanol–water partition coefficient (Wildman–Crippen LogP) is 3.03. The summed E-state index contributed by atoms with van der Waals surface area (Å²) in [5, 5.41) is 3.84. The van der Waals surface area contributed by atoms with Gasteiger partial charge in [-0.15, -0.1) is 0 Å². The minimum absolute atomic E-state index is 0.793. The maximum atomic E-state index is 3.84. The zero-order chi connectivity index (χ0) is 12.5. The Morgan fingerprint density at radius 2 is 1.72 bits per heavy atom. The van der Waals surface area contributed by atoms with Crippen molar-refractivity contribution in [3.8, 4) is 0 Å². The summed E-state index contributed by atoms with van der Waals surface area (Å²) in [6.45, 7) is 7.58. The van der Waals surface area contributed by atoms with Crippen molar-refractivity contribution in [1.82, 2.24) is 10.2 Å². The Bertz CT molecular complexity index is 274. The van der Waals surface area contributed by atoms with Crippen molar-refractivity contribution in [1.29, 1.82) is 0 Å². The third kappa shape index (κ3) is 3.08. The van der Waals surface area contributed by atoms with Crippen LogP contribution in [0.5, 0.6) is 0 Å². The van der Waals surface area contributed by atoms with Crippen molar-refractivity contribution in [3.63, 3.8) is 0 Å². The second-order valence-corrected chi connectivity index (χ2v) is 7.20. The van der Waals surface area contributed by atoms with Gasteiger partial charge in [0.2, 0.25) is 0 Å². The highest BCUT2D eigenvalue weighted by atomic mass is 15.2. The molecule has 18 heavy (non-hydrogen) atoms. The summed E-state index contributed by atoms with van der Waals surface area (Å²) in [6.07, 6.45) is 10.0. The van der Waals surface area contributed by atoms with Crippen LogP contribution in [0.1, 0.15) is 58.8 Å². The van der Waals surface area contributed by atoms with E-state index in [4.69, 9.17) is 0 Å². The topological polar surface area (TPSA) is 15.3 Å². The zero-order valence-electron chi connectivity index (χ0n) is 12.2. The smallest absolute Gasteiger partial charge is 0.0198 e. The fourth-order valence-electron chi connectivity index (χ4n) is 3.91. The summed E-state index contributed by atoms with van der Waals surface area (Å²) in [6, 6.07) is 2.56. The van der Waals surface area contributed by atoms with Crippen molar-refractivity contribution in [2.75, 3.05) is 13.1 Å². The van der Waals surface area contributed by atoms with E-state index in [0.29, 0.717) is 0 Å². The Kier molecular flexibility index (Phi) is 3.95. The number of piperidine rings is 1. The molecule has 2 saturated carbocycles. The molecule has 3 aliphatic rings. The van der Waals surface area contributed by atoms with E-state index in [1.807, 2.05) is 0 Å². The van der Waals surface area contributed by atoms with E-state index in [-0.39, 0.29) is 0 Å². The van der Waals surface area contributed by atoms with Crippen molar-refractivity contribution in [2.24, 2.45) is 11.8 Å². The third-order valence-corrected chi connectivity index (χ3v) is 5.59. The van der Waals surface area contributed by atoms with Crippen LogP contribution in [0.15, 0.2) is 0 Å². The van der Waals surface area contributed by atoms with Crippen LogP contribution in [-0.4, -0.2) is 36.1 Å². The van der Waals surface area contributed by atoms with Crippen molar-refractivity contribution in [2.45, 2.75) is 76.9 Å². The molecule has 3 rings (SSSR count). The molecule has 0 aromatic heterocycles. The van der Waals surface area contributed by atoms with Crippen LogP contribution in [0, 0.1) is 11.8 Å². The highest BCUT2D eigenvalue weighted by Crippen LogP contribution is 2.33. The first-order valence-corrected chi connectivity index (χ1v) is 8.22. The van der Waals surface area contributed by atoms with E-state index in [9.17, 15) is 0 Å². The van der Waals surface area contributed by atoms with Crippen LogP contribution in [0.2, 0.25) is 0 Å². The summed E-state index contributed by atoms with van der Waals surface area (Å²) < 4.78 is 0. The van der Waals surface area contributed by atoms with Crippen molar-refractivity contribution >= 4 is 0 Å². The van der Waals surface area contributed by atoms with Gasteiger partial charge in [-0.1, -0.05) is 13.8 Å².